The molecule has 0 spiro atoms. The molecule has 1 aliphatic heterocycles. The number of carbonyl (C=O) groups excluding carboxylic acids is 1. The molecule has 2 aromatic carbocycles. The molecule has 1 aromatic heterocycles. The molecule has 1 saturated heterocycles. The Morgan fingerprint density at radius 1 is 1.14 bits per heavy atom. The van der Waals surface area contributed by atoms with Gasteiger partial charge in [-0.15, -0.1) is 0 Å². The monoisotopic (exact) mass is 416 g/mol. The normalized spacial score (nSPS) is 16.3. The molecule has 29 heavy (non-hydrogen) atoms. The van der Waals surface area contributed by atoms with Crippen molar-refractivity contribution in [2.24, 2.45) is 0 Å². The van der Waals surface area contributed by atoms with Crippen LogP contribution in [0.15, 0.2) is 53.4 Å². The fourth-order valence-electron chi connectivity index (χ4n) is 3.95. The van der Waals surface area contributed by atoms with Crippen molar-refractivity contribution < 1.29 is 22.5 Å². The van der Waals surface area contributed by atoms with Crippen LogP contribution < -0.4 is 4.90 Å². The quantitative estimate of drug-likeness (QED) is 0.618. The second-order valence-corrected chi connectivity index (χ2v) is 9.32. The predicted molar refractivity (Wildman–Crippen MR) is 108 cm³/mol. The number of hydrogen-bond donors (Lipinski definition) is 2. The average Bonchev–Trinajstić information content (AvgIpc) is 3.04. The molecule has 0 bridgehead atoms. The summed E-state index contributed by atoms with van der Waals surface area (Å²) in [7, 11) is -3.73. The number of carbonyl (C=O) groups is 1. The van der Waals surface area contributed by atoms with E-state index in [1.54, 1.807) is 0 Å². The van der Waals surface area contributed by atoms with E-state index in [1.807, 2.05) is 31.2 Å². The minimum Gasteiger partial charge on any atom is -0.358 e. The smallest absolute Gasteiger partial charge is 0.243 e. The van der Waals surface area contributed by atoms with E-state index >= 15 is 0 Å². The van der Waals surface area contributed by atoms with Gasteiger partial charge >= 0.3 is 0 Å². The molecule has 0 atom stereocenters. The van der Waals surface area contributed by atoms with E-state index < -0.39 is 15.8 Å². The fourth-order valence-corrected chi connectivity index (χ4v) is 5.42. The summed E-state index contributed by atoms with van der Waals surface area (Å²) in [4.78, 5) is 17.2. The lowest BCUT2D eigenvalue weighted by Crippen LogP contribution is -3.15. The van der Waals surface area contributed by atoms with Crippen LogP contribution in [0.2, 0.25) is 0 Å². The molecule has 1 fully saturated rings. The number of ketones is 1. The molecule has 2 N–H and O–H groups in total. The highest BCUT2D eigenvalue weighted by Gasteiger charge is 2.32. The lowest BCUT2D eigenvalue weighted by Gasteiger charge is -2.31. The van der Waals surface area contributed by atoms with Gasteiger partial charge in [0, 0.05) is 16.6 Å². The van der Waals surface area contributed by atoms with Crippen molar-refractivity contribution in [2.75, 3.05) is 32.7 Å². The number of nitrogens with one attached hydrogen (secondary N) is 2. The van der Waals surface area contributed by atoms with E-state index in [2.05, 4.69) is 4.98 Å². The summed E-state index contributed by atoms with van der Waals surface area (Å²) in [6.45, 7) is 3.87. The number of piperazine rings is 1. The van der Waals surface area contributed by atoms with Crippen LogP contribution in [0.1, 0.15) is 16.1 Å². The van der Waals surface area contributed by atoms with Gasteiger partial charge in [0.05, 0.1) is 36.6 Å². The number of H-pyrrole nitrogens is 1. The van der Waals surface area contributed by atoms with Gasteiger partial charge in [0.15, 0.2) is 0 Å². The molecule has 0 saturated carbocycles. The Kier molecular flexibility index (Phi) is 5.24. The van der Waals surface area contributed by atoms with Crippen LogP contribution in [0.3, 0.4) is 0 Å². The lowest BCUT2D eigenvalue weighted by atomic mass is 10.1. The first-order valence-corrected chi connectivity index (χ1v) is 11.0. The molecule has 6 nitrogen and oxygen atoms in total. The van der Waals surface area contributed by atoms with E-state index in [-0.39, 0.29) is 10.7 Å². The molecule has 4 rings (SSSR count). The Balaban J connectivity index is 1.43. The summed E-state index contributed by atoms with van der Waals surface area (Å²) in [5, 5.41) is 0.918. The molecule has 0 unspecified atom stereocenters. The van der Waals surface area contributed by atoms with Gasteiger partial charge in [0.1, 0.15) is 12.4 Å². The van der Waals surface area contributed by atoms with Crippen LogP contribution in [0.25, 0.3) is 10.9 Å². The number of quaternary nitrogens is 1. The maximum Gasteiger partial charge on any atom is 0.243 e. The SMILES string of the molecule is Cc1[nH]c2ccccc2c1C(=O)C[NH+]1CCN(S(=O)(=O)c2cccc(F)c2)CC1. The molecule has 3 aromatic rings. The molecule has 8 heteroatoms. The van der Waals surface area contributed by atoms with Gasteiger partial charge in [0.25, 0.3) is 0 Å². The Labute approximate surface area is 169 Å². The summed E-state index contributed by atoms with van der Waals surface area (Å²) < 4.78 is 40.2. The Bertz CT molecular complexity index is 1160. The summed E-state index contributed by atoms with van der Waals surface area (Å²) in [6.07, 6.45) is 0. The number of fused-ring (bicyclic) bond motifs is 1. The van der Waals surface area contributed by atoms with Crippen LogP contribution in [-0.2, 0) is 10.0 Å². The van der Waals surface area contributed by atoms with Crippen molar-refractivity contribution in [1.82, 2.24) is 9.29 Å². The third kappa shape index (κ3) is 3.83. The van der Waals surface area contributed by atoms with E-state index in [9.17, 15) is 17.6 Å². The zero-order valence-electron chi connectivity index (χ0n) is 16.1. The molecule has 0 aliphatic carbocycles. The first-order valence-electron chi connectivity index (χ1n) is 9.56. The summed E-state index contributed by atoms with van der Waals surface area (Å²) in [5.41, 5.74) is 2.50. The van der Waals surface area contributed by atoms with Crippen molar-refractivity contribution in [3.8, 4) is 0 Å². The molecule has 1 aliphatic rings. The second kappa shape index (κ2) is 7.70. The van der Waals surface area contributed by atoms with Gasteiger partial charge in [-0.2, -0.15) is 4.31 Å². The maximum absolute atomic E-state index is 13.4. The predicted octanol–water partition coefficient (Wildman–Crippen LogP) is 1.39. The zero-order chi connectivity index (χ0) is 20.6. The number of benzene rings is 2. The van der Waals surface area contributed by atoms with Crippen molar-refractivity contribution >= 4 is 26.7 Å². The van der Waals surface area contributed by atoms with Crippen molar-refractivity contribution in [1.29, 1.82) is 0 Å². The van der Waals surface area contributed by atoms with Crippen LogP contribution in [-0.4, -0.2) is 56.2 Å². The van der Waals surface area contributed by atoms with Crippen molar-refractivity contribution in [3.05, 3.63) is 65.6 Å². The number of sulfonamides is 1. The molecule has 0 amide bonds. The molecule has 2 heterocycles. The number of aromatic amines is 1. The second-order valence-electron chi connectivity index (χ2n) is 7.38. The van der Waals surface area contributed by atoms with Crippen LogP contribution in [0.4, 0.5) is 4.39 Å². The highest BCUT2D eigenvalue weighted by Crippen LogP contribution is 2.22. The number of aryl methyl sites for hydroxylation is 1. The van der Waals surface area contributed by atoms with E-state index in [4.69, 9.17) is 0 Å². The minimum absolute atomic E-state index is 0.0357. The van der Waals surface area contributed by atoms with E-state index in [0.717, 1.165) is 27.6 Å². The van der Waals surface area contributed by atoms with Crippen LogP contribution in [0, 0.1) is 12.7 Å². The maximum atomic E-state index is 13.4. The number of halogens is 1. The topological polar surface area (TPSA) is 74.7 Å². The molecule has 152 valence electrons. The van der Waals surface area contributed by atoms with Gasteiger partial charge in [-0.25, -0.2) is 12.8 Å². The minimum atomic E-state index is -3.73. The molecular formula is C21H23FN3O3S+. The van der Waals surface area contributed by atoms with E-state index in [0.29, 0.717) is 38.3 Å². The third-order valence-corrected chi connectivity index (χ3v) is 7.34. The average molecular weight is 416 g/mol. The first kappa shape index (κ1) is 19.8. The van der Waals surface area contributed by atoms with Crippen LogP contribution in [0.5, 0.6) is 0 Å². The number of nitrogens with zero attached hydrogens (tertiary/aromatic N) is 1. The zero-order valence-corrected chi connectivity index (χ0v) is 16.9. The molecule has 0 radical (unpaired) electrons. The van der Waals surface area contributed by atoms with Gasteiger partial charge < -0.3 is 9.88 Å². The highest BCUT2D eigenvalue weighted by atomic mass is 32.2. The number of Topliss-reactive ketones (excluding diaryl/α,β-unsaturated/α-hetero) is 1. The number of hydrogen-bond acceptors (Lipinski definition) is 3. The fraction of sp³-hybridized carbons (Fsp3) is 0.286. The molecular weight excluding hydrogens is 393 g/mol. The number of aromatic nitrogens is 1. The standard InChI is InChI=1S/C21H22FN3O3S/c1-15-21(18-7-2-3-8-19(18)23-15)20(26)14-24-9-11-25(12-10-24)29(27,28)17-6-4-5-16(22)13-17/h2-8,13,23H,9-12,14H2,1H3/p+1. The van der Waals surface area contributed by atoms with Gasteiger partial charge in [0.2, 0.25) is 15.8 Å². The Hall–Kier alpha value is -2.55. The number of para-hydroxylation sites is 1. The van der Waals surface area contributed by atoms with E-state index in [1.165, 1.54) is 22.5 Å². The first-order chi connectivity index (χ1) is 13.9. The Morgan fingerprint density at radius 3 is 2.59 bits per heavy atom. The third-order valence-electron chi connectivity index (χ3n) is 5.45. The summed E-state index contributed by atoms with van der Waals surface area (Å²) in [5.74, 6) is -0.522. The van der Waals surface area contributed by atoms with Gasteiger partial charge in [-0.3, -0.25) is 4.79 Å². The largest absolute Gasteiger partial charge is 0.358 e. The Morgan fingerprint density at radius 2 is 1.86 bits per heavy atom. The van der Waals surface area contributed by atoms with Gasteiger partial charge in [-0.05, 0) is 31.2 Å². The summed E-state index contributed by atoms with van der Waals surface area (Å²) >= 11 is 0. The lowest BCUT2D eigenvalue weighted by molar-refractivity contribution is -0.895. The summed E-state index contributed by atoms with van der Waals surface area (Å²) in [6, 6.07) is 12.8. The number of rotatable bonds is 5. The van der Waals surface area contributed by atoms with Crippen LogP contribution >= 0.6 is 0 Å². The highest BCUT2D eigenvalue weighted by molar-refractivity contribution is 7.89. The van der Waals surface area contributed by atoms with Crippen molar-refractivity contribution in [3.63, 3.8) is 0 Å². The van der Waals surface area contributed by atoms with Crippen molar-refractivity contribution in [2.45, 2.75) is 11.8 Å². The van der Waals surface area contributed by atoms with Gasteiger partial charge in [-0.1, -0.05) is 24.3 Å².